The van der Waals surface area contributed by atoms with Crippen molar-refractivity contribution in [2.45, 2.75) is 5.60 Å². The Morgan fingerprint density at radius 1 is 0.792 bits per heavy atom. The molecule has 0 aliphatic carbocycles. The molecule has 0 unspecified atom stereocenters. The van der Waals surface area contributed by atoms with Gasteiger partial charge in [-0.15, -0.1) is 0 Å². The quantitative estimate of drug-likeness (QED) is 0.820. The lowest BCUT2D eigenvalue weighted by Crippen LogP contribution is -2.25. The highest BCUT2D eigenvalue weighted by atomic mass is 16.3. The van der Waals surface area contributed by atoms with Gasteiger partial charge in [-0.3, -0.25) is 0 Å². The number of hydrogen-bond acceptors (Lipinski definition) is 3. The summed E-state index contributed by atoms with van der Waals surface area (Å²) in [5.74, 6) is 0. The Morgan fingerprint density at radius 3 is 1.46 bits per heavy atom. The summed E-state index contributed by atoms with van der Waals surface area (Å²) in [4.78, 5) is 4.07. The van der Waals surface area contributed by atoms with E-state index in [1.54, 1.807) is 18.2 Å². The molecule has 0 amide bonds. The van der Waals surface area contributed by atoms with E-state index in [1.165, 1.54) is 0 Å². The normalized spacial score (nSPS) is 11.5. The molecule has 0 radical (unpaired) electrons. The van der Waals surface area contributed by atoms with Gasteiger partial charge in [-0.05, 0) is 41.5 Å². The van der Waals surface area contributed by atoms with E-state index in [9.17, 15) is 5.11 Å². The third-order valence-corrected chi connectivity index (χ3v) is 4.12. The van der Waals surface area contributed by atoms with Crippen molar-refractivity contribution >= 4 is 11.4 Å². The van der Waals surface area contributed by atoms with Gasteiger partial charge in [-0.25, -0.2) is 0 Å². The summed E-state index contributed by atoms with van der Waals surface area (Å²) in [5.41, 5.74) is 2.64. The van der Waals surface area contributed by atoms with E-state index in [2.05, 4.69) is 6.58 Å². The lowest BCUT2D eigenvalue weighted by atomic mass is 9.85. The number of benzene rings is 2. The van der Waals surface area contributed by atoms with Gasteiger partial charge in [0.05, 0.1) is 0 Å². The van der Waals surface area contributed by atoms with Gasteiger partial charge in [0.15, 0.2) is 0 Å². The summed E-state index contributed by atoms with van der Waals surface area (Å²) in [7, 11) is 8.00. The summed E-state index contributed by atoms with van der Waals surface area (Å²) in [5, 5.41) is 11.4. The maximum Gasteiger partial charge on any atom is 0.133 e. The molecule has 2 aromatic carbocycles. The van der Waals surface area contributed by atoms with Crippen molar-refractivity contribution in [1.82, 2.24) is 0 Å². The summed E-state index contributed by atoms with van der Waals surface area (Å²) < 4.78 is 0. The van der Waals surface area contributed by atoms with Crippen molar-refractivity contribution in [3.63, 3.8) is 0 Å². The Morgan fingerprint density at radius 2 is 1.17 bits per heavy atom. The monoisotopic (exact) mass is 322 g/mol. The summed E-state index contributed by atoms with van der Waals surface area (Å²) >= 11 is 0. The summed E-state index contributed by atoms with van der Waals surface area (Å²) in [6, 6.07) is 15.9. The molecule has 24 heavy (non-hydrogen) atoms. The van der Waals surface area contributed by atoms with Crippen molar-refractivity contribution in [3.8, 4) is 0 Å². The van der Waals surface area contributed by atoms with Crippen LogP contribution in [0.25, 0.3) is 0 Å². The van der Waals surface area contributed by atoms with Crippen LogP contribution in [0.15, 0.2) is 73.3 Å². The van der Waals surface area contributed by atoms with Gasteiger partial charge >= 0.3 is 0 Å². The number of allylic oxidation sites excluding steroid dienone is 2. The third kappa shape index (κ3) is 3.69. The molecule has 1 N–H and O–H groups in total. The smallest absolute Gasteiger partial charge is 0.133 e. The van der Waals surface area contributed by atoms with E-state index in [4.69, 9.17) is 0 Å². The standard InChI is InChI=1S/C21H26N2O/c1-6-7-16-21(24,17-8-12-19(13-9-17)22(2)3)18-10-14-20(15-11-18)23(4)5/h6-16,24H,1H2,2-5H3/b16-7+. The second kappa shape index (κ2) is 7.37. The van der Waals surface area contributed by atoms with Crippen LogP contribution in [0.2, 0.25) is 0 Å². The average molecular weight is 322 g/mol. The van der Waals surface area contributed by atoms with Crippen LogP contribution in [0.4, 0.5) is 11.4 Å². The largest absolute Gasteiger partial charge is 0.378 e. The maximum absolute atomic E-state index is 11.4. The third-order valence-electron chi connectivity index (χ3n) is 4.12. The van der Waals surface area contributed by atoms with Crippen LogP contribution in [-0.4, -0.2) is 33.3 Å². The minimum absolute atomic E-state index is 0.823. The first-order valence-corrected chi connectivity index (χ1v) is 7.97. The number of aliphatic hydroxyl groups is 1. The van der Waals surface area contributed by atoms with Gasteiger partial charge in [0.2, 0.25) is 0 Å². The van der Waals surface area contributed by atoms with Crippen molar-refractivity contribution in [3.05, 3.63) is 84.5 Å². The highest BCUT2D eigenvalue weighted by Crippen LogP contribution is 2.33. The molecule has 0 bridgehead atoms. The lowest BCUT2D eigenvalue weighted by molar-refractivity contribution is 0.134. The maximum atomic E-state index is 11.4. The van der Waals surface area contributed by atoms with E-state index in [0.29, 0.717) is 0 Å². The van der Waals surface area contributed by atoms with Crippen LogP contribution < -0.4 is 9.80 Å². The second-order valence-corrected chi connectivity index (χ2v) is 6.24. The van der Waals surface area contributed by atoms with E-state index in [1.807, 2.05) is 86.5 Å². The Kier molecular flexibility index (Phi) is 5.47. The first-order valence-electron chi connectivity index (χ1n) is 7.97. The van der Waals surface area contributed by atoms with Crippen molar-refractivity contribution in [1.29, 1.82) is 0 Å². The van der Waals surface area contributed by atoms with Gasteiger partial charge < -0.3 is 14.9 Å². The topological polar surface area (TPSA) is 26.7 Å². The molecular weight excluding hydrogens is 296 g/mol. The minimum atomic E-state index is -1.19. The van der Waals surface area contributed by atoms with Crippen LogP contribution in [0, 0.1) is 0 Å². The first-order chi connectivity index (χ1) is 11.4. The van der Waals surface area contributed by atoms with E-state index in [0.717, 1.165) is 22.5 Å². The van der Waals surface area contributed by atoms with Crippen LogP contribution in [-0.2, 0) is 5.60 Å². The van der Waals surface area contributed by atoms with E-state index < -0.39 is 5.60 Å². The molecule has 0 aliphatic heterocycles. The summed E-state index contributed by atoms with van der Waals surface area (Å²) in [6.07, 6.45) is 5.22. The highest BCUT2D eigenvalue weighted by molar-refractivity contribution is 5.53. The van der Waals surface area contributed by atoms with E-state index in [-0.39, 0.29) is 0 Å². The zero-order valence-corrected chi connectivity index (χ0v) is 14.9. The highest BCUT2D eigenvalue weighted by Gasteiger charge is 2.28. The molecule has 0 fully saturated rings. The predicted octanol–water partition coefficient (Wildman–Crippen LogP) is 3.80. The predicted molar refractivity (Wildman–Crippen MR) is 104 cm³/mol. The SMILES string of the molecule is C=C/C=C/C(O)(c1ccc(N(C)C)cc1)c1ccc(N(C)C)cc1. The van der Waals surface area contributed by atoms with Gasteiger partial charge in [0.1, 0.15) is 5.60 Å². The molecule has 3 nitrogen and oxygen atoms in total. The number of nitrogens with zero attached hydrogens (tertiary/aromatic N) is 2. The second-order valence-electron chi connectivity index (χ2n) is 6.24. The molecule has 0 spiro atoms. The Hall–Kier alpha value is -2.52. The van der Waals surface area contributed by atoms with E-state index >= 15 is 0 Å². The Labute approximate surface area is 145 Å². The molecule has 0 aliphatic rings. The minimum Gasteiger partial charge on any atom is -0.378 e. The van der Waals surface area contributed by atoms with Crippen molar-refractivity contribution in [2.24, 2.45) is 0 Å². The Bertz CT molecular complexity index is 646. The van der Waals surface area contributed by atoms with Crippen molar-refractivity contribution < 1.29 is 5.11 Å². The molecule has 0 heterocycles. The van der Waals surface area contributed by atoms with Crippen LogP contribution in [0.3, 0.4) is 0 Å². The molecule has 2 rings (SSSR count). The number of rotatable bonds is 6. The zero-order valence-electron chi connectivity index (χ0n) is 14.9. The first kappa shape index (κ1) is 17.8. The average Bonchev–Trinajstić information content (AvgIpc) is 2.59. The lowest BCUT2D eigenvalue weighted by Gasteiger charge is -2.27. The fraction of sp³-hybridized carbons (Fsp3) is 0.238. The molecular formula is C21H26N2O. The Balaban J connectivity index is 2.49. The van der Waals surface area contributed by atoms with Gasteiger partial charge in [-0.1, -0.05) is 43.0 Å². The fourth-order valence-electron chi connectivity index (χ4n) is 2.59. The molecule has 0 aromatic heterocycles. The van der Waals surface area contributed by atoms with Gasteiger partial charge in [-0.2, -0.15) is 0 Å². The van der Waals surface area contributed by atoms with Crippen molar-refractivity contribution in [2.75, 3.05) is 38.0 Å². The molecule has 126 valence electrons. The molecule has 2 aromatic rings. The van der Waals surface area contributed by atoms with Crippen LogP contribution in [0.5, 0.6) is 0 Å². The van der Waals surface area contributed by atoms with Gasteiger partial charge in [0.25, 0.3) is 0 Å². The van der Waals surface area contributed by atoms with Gasteiger partial charge in [0, 0.05) is 39.6 Å². The number of hydrogen-bond donors (Lipinski definition) is 1. The zero-order chi connectivity index (χ0) is 17.7. The summed E-state index contributed by atoms with van der Waals surface area (Å²) in [6.45, 7) is 3.71. The molecule has 3 heteroatoms. The molecule has 0 saturated carbocycles. The molecule has 0 atom stereocenters. The van der Waals surface area contributed by atoms with Crippen LogP contribution >= 0.6 is 0 Å². The molecule has 0 saturated heterocycles. The fourth-order valence-corrected chi connectivity index (χ4v) is 2.59. The van der Waals surface area contributed by atoms with Crippen LogP contribution in [0.1, 0.15) is 11.1 Å². The number of anilines is 2.